The molecule has 2 nitrogen and oxygen atoms in total. The van der Waals surface area contributed by atoms with Gasteiger partial charge >= 0.3 is 0 Å². The summed E-state index contributed by atoms with van der Waals surface area (Å²) in [6.07, 6.45) is 0. The lowest BCUT2D eigenvalue weighted by atomic mass is 9.83. The van der Waals surface area contributed by atoms with Gasteiger partial charge in [0.25, 0.3) is 0 Å². The summed E-state index contributed by atoms with van der Waals surface area (Å²) in [5, 5.41) is 21.7. The summed E-state index contributed by atoms with van der Waals surface area (Å²) in [7, 11) is 0. The molecule has 0 saturated carbocycles. The van der Waals surface area contributed by atoms with Crippen molar-refractivity contribution in [2.75, 3.05) is 0 Å². The van der Waals surface area contributed by atoms with Crippen LogP contribution in [0.3, 0.4) is 0 Å². The third kappa shape index (κ3) is 5.01. The van der Waals surface area contributed by atoms with Crippen molar-refractivity contribution in [1.82, 2.24) is 0 Å². The number of phenolic OH excluding ortho intramolecular Hbond substituents is 2. The Labute approximate surface area is 194 Å². The molecule has 0 aliphatic rings. The Kier molecular flexibility index (Phi) is 6.47. The smallest absolute Gasteiger partial charge is 0.119 e. The van der Waals surface area contributed by atoms with Crippen molar-refractivity contribution in [3.63, 3.8) is 0 Å². The fourth-order valence-corrected chi connectivity index (χ4v) is 4.21. The van der Waals surface area contributed by atoms with Gasteiger partial charge in [-0.2, -0.15) is 0 Å². The molecule has 0 aliphatic heterocycles. The zero-order valence-corrected chi connectivity index (χ0v) is 20.8. The molecule has 0 bridgehead atoms. The van der Waals surface area contributed by atoms with Gasteiger partial charge in [0.05, 0.1) is 0 Å². The molecule has 0 heterocycles. The van der Waals surface area contributed by atoms with Crippen LogP contribution in [-0.4, -0.2) is 10.2 Å². The van der Waals surface area contributed by atoms with Crippen LogP contribution in [0.5, 0.6) is 11.5 Å². The highest BCUT2D eigenvalue weighted by molar-refractivity contribution is 5.52. The molecule has 0 radical (unpaired) electrons. The van der Waals surface area contributed by atoms with Gasteiger partial charge in [0.15, 0.2) is 0 Å². The van der Waals surface area contributed by atoms with Gasteiger partial charge in [-0.1, -0.05) is 104 Å². The maximum atomic E-state index is 10.9. The fourth-order valence-electron chi connectivity index (χ4n) is 4.21. The predicted molar refractivity (Wildman–Crippen MR) is 135 cm³/mol. The molecule has 0 spiro atoms. The Bertz CT molecular complexity index is 973. The molecule has 2 atom stereocenters. The van der Waals surface area contributed by atoms with Gasteiger partial charge in [0.1, 0.15) is 11.5 Å². The molecule has 3 rings (SSSR count). The summed E-state index contributed by atoms with van der Waals surface area (Å²) in [4.78, 5) is 0. The second-order valence-corrected chi connectivity index (χ2v) is 11.2. The van der Waals surface area contributed by atoms with E-state index in [2.05, 4.69) is 104 Å². The summed E-state index contributed by atoms with van der Waals surface area (Å²) in [5.74, 6) is 0.405. The van der Waals surface area contributed by atoms with Crippen molar-refractivity contribution in [2.45, 2.75) is 78.1 Å². The van der Waals surface area contributed by atoms with Crippen LogP contribution in [-0.2, 0) is 10.8 Å². The van der Waals surface area contributed by atoms with Gasteiger partial charge in [-0.3, -0.25) is 0 Å². The van der Waals surface area contributed by atoms with E-state index in [4.69, 9.17) is 0 Å². The third-order valence-corrected chi connectivity index (χ3v) is 6.66. The van der Waals surface area contributed by atoms with Crippen LogP contribution in [0.1, 0.15) is 101 Å². The summed E-state index contributed by atoms with van der Waals surface area (Å²) in [6, 6.07) is 20.6. The summed E-state index contributed by atoms with van der Waals surface area (Å²) in [5.41, 5.74) is 6.48. The van der Waals surface area contributed by atoms with Crippen LogP contribution in [0.4, 0.5) is 0 Å². The second-order valence-electron chi connectivity index (χ2n) is 11.2. The first-order valence-corrected chi connectivity index (χ1v) is 11.6. The first kappa shape index (κ1) is 23.9. The standard InChI is InChI=1S/C30H38O2/c1-19(21-9-13-23(14-10-21)29(3,4)5)25-17-28(32)26(18-27(25)31)20(2)22-11-15-24(16-12-22)30(6,7)8/h9-20,31-32H,1-8H3. The molecular formula is C30H38O2. The average Bonchev–Trinajstić information content (AvgIpc) is 2.73. The van der Waals surface area contributed by atoms with Crippen LogP contribution in [0.25, 0.3) is 0 Å². The molecule has 0 saturated heterocycles. The minimum atomic E-state index is -0.0228. The Hall–Kier alpha value is -2.74. The number of hydrogen-bond acceptors (Lipinski definition) is 2. The number of benzene rings is 3. The van der Waals surface area contributed by atoms with E-state index in [-0.39, 0.29) is 34.2 Å². The van der Waals surface area contributed by atoms with Crippen LogP contribution in [0.15, 0.2) is 60.7 Å². The maximum absolute atomic E-state index is 10.9. The van der Waals surface area contributed by atoms with Crippen molar-refractivity contribution in [2.24, 2.45) is 0 Å². The molecule has 2 heteroatoms. The molecule has 0 fully saturated rings. The lowest BCUT2D eigenvalue weighted by Gasteiger charge is -2.22. The molecule has 2 unspecified atom stereocenters. The minimum absolute atomic E-state index is 0.0228. The van der Waals surface area contributed by atoms with E-state index >= 15 is 0 Å². The molecule has 3 aromatic carbocycles. The van der Waals surface area contributed by atoms with E-state index in [1.807, 2.05) is 0 Å². The van der Waals surface area contributed by atoms with Gasteiger partial charge in [-0.25, -0.2) is 0 Å². The second kappa shape index (κ2) is 8.65. The first-order valence-electron chi connectivity index (χ1n) is 11.6. The predicted octanol–water partition coefficient (Wildman–Crippen LogP) is 8.00. The average molecular weight is 431 g/mol. The maximum Gasteiger partial charge on any atom is 0.119 e. The largest absolute Gasteiger partial charge is 0.508 e. The summed E-state index contributed by atoms with van der Waals surface area (Å²) < 4.78 is 0. The van der Waals surface area contributed by atoms with E-state index in [0.717, 1.165) is 22.3 Å². The molecule has 0 aliphatic carbocycles. The van der Waals surface area contributed by atoms with Crippen molar-refractivity contribution < 1.29 is 10.2 Å². The lowest BCUT2D eigenvalue weighted by Crippen LogP contribution is -2.11. The number of aromatic hydroxyl groups is 2. The van der Waals surface area contributed by atoms with Crippen molar-refractivity contribution in [1.29, 1.82) is 0 Å². The fraction of sp³-hybridized carbons (Fsp3) is 0.400. The van der Waals surface area contributed by atoms with Gasteiger partial charge < -0.3 is 10.2 Å². The van der Waals surface area contributed by atoms with E-state index < -0.39 is 0 Å². The highest BCUT2D eigenvalue weighted by atomic mass is 16.3. The van der Waals surface area contributed by atoms with Crippen LogP contribution in [0, 0.1) is 0 Å². The van der Waals surface area contributed by atoms with Gasteiger partial charge in [-0.05, 0) is 45.2 Å². The quantitative estimate of drug-likeness (QED) is 0.412. The molecule has 3 aromatic rings. The molecule has 2 N–H and O–H groups in total. The zero-order valence-electron chi connectivity index (χ0n) is 20.8. The molecule has 0 amide bonds. The van der Waals surface area contributed by atoms with Crippen LogP contribution >= 0.6 is 0 Å². The zero-order chi connectivity index (χ0) is 23.8. The van der Waals surface area contributed by atoms with Gasteiger partial charge in [0.2, 0.25) is 0 Å². The van der Waals surface area contributed by atoms with Gasteiger partial charge in [0, 0.05) is 23.0 Å². The topological polar surface area (TPSA) is 40.5 Å². The third-order valence-electron chi connectivity index (χ3n) is 6.66. The number of hydrogen-bond donors (Lipinski definition) is 2. The first-order chi connectivity index (χ1) is 14.8. The monoisotopic (exact) mass is 430 g/mol. The molecule has 32 heavy (non-hydrogen) atoms. The number of rotatable bonds is 4. The molecule has 170 valence electrons. The van der Waals surface area contributed by atoms with Crippen molar-refractivity contribution >= 4 is 0 Å². The SMILES string of the molecule is CC(c1ccc(C(C)(C)C)cc1)c1cc(O)c(C(C)c2ccc(C(C)(C)C)cc2)cc1O. The van der Waals surface area contributed by atoms with E-state index in [1.165, 1.54) is 11.1 Å². The summed E-state index contributed by atoms with van der Waals surface area (Å²) in [6.45, 7) is 17.3. The molecular weight excluding hydrogens is 392 g/mol. The minimum Gasteiger partial charge on any atom is -0.508 e. The Morgan fingerprint density at radius 1 is 0.531 bits per heavy atom. The Balaban J connectivity index is 1.89. The molecule has 0 aromatic heterocycles. The lowest BCUT2D eigenvalue weighted by molar-refractivity contribution is 0.445. The van der Waals surface area contributed by atoms with E-state index in [0.29, 0.717) is 0 Å². The van der Waals surface area contributed by atoms with Crippen molar-refractivity contribution in [3.05, 3.63) is 94.0 Å². The van der Waals surface area contributed by atoms with Crippen LogP contribution in [0.2, 0.25) is 0 Å². The van der Waals surface area contributed by atoms with E-state index in [1.54, 1.807) is 12.1 Å². The summed E-state index contributed by atoms with van der Waals surface area (Å²) >= 11 is 0. The number of phenols is 2. The van der Waals surface area contributed by atoms with Crippen molar-refractivity contribution in [3.8, 4) is 11.5 Å². The highest BCUT2D eigenvalue weighted by Gasteiger charge is 2.21. The Morgan fingerprint density at radius 2 is 0.812 bits per heavy atom. The Morgan fingerprint density at radius 3 is 1.06 bits per heavy atom. The van der Waals surface area contributed by atoms with E-state index in [9.17, 15) is 10.2 Å². The van der Waals surface area contributed by atoms with Crippen LogP contribution < -0.4 is 0 Å². The normalized spacial score (nSPS) is 14.2. The van der Waals surface area contributed by atoms with Gasteiger partial charge in [-0.15, -0.1) is 0 Å². The highest BCUT2D eigenvalue weighted by Crippen LogP contribution is 2.40.